The van der Waals surface area contributed by atoms with Crippen molar-refractivity contribution in [2.75, 3.05) is 26.7 Å². The molecule has 2 rings (SSSR count). The fraction of sp³-hybridized carbons (Fsp3) is 0.625. The lowest BCUT2D eigenvalue weighted by molar-refractivity contribution is 0.268. The number of aryl methyl sites for hydroxylation is 1. The molecule has 1 aliphatic heterocycles. The fourth-order valence-electron chi connectivity index (χ4n) is 2.75. The van der Waals surface area contributed by atoms with Crippen LogP contribution in [0.3, 0.4) is 0 Å². The van der Waals surface area contributed by atoms with Crippen molar-refractivity contribution in [2.24, 2.45) is 5.92 Å². The molecular formula is C16H24ClFN2. The number of benzene rings is 1. The third kappa shape index (κ3) is 4.44. The Morgan fingerprint density at radius 1 is 1.45 bits per heavy atom. The molecule has 1 aromatic rings. The van der Waals surface area contributed by atoms with Crippen LogP contribution in [0.1, 0.15) is 30.4 Å². The van der Waals surface area contributed by atoms with Gasteiger partial charge in [0.1, 0.15) is 5.82 Å². The fourth-order valence-corrected chi connectivity index (χ4v) is 3.03. The zero-order chi connectivity index (χ0) is 14.5. The van der Waals surface area contributed by atoms with Crippen LogP contribution in [0.25, 0.3) is 0 Å². The minimum absolute atomic E-state index is 0.172. The third-order valence-corrected chi connectivity index (χ3v) is 4.44. The van der Waals surface area contributed by atoms with Crippen LogP contribution in [0.4, 0.5) is 4.39 Å². The highest BCUT2D eigenvalue weighted by molar-refractivity contribution is 6.31. The largest absolute Gasteiger partial charge is 0.316 e. The monoisotopic (exact) mass is 298 g/mol. The van der Waals surface area contributed by atoms with Crippen molar-refractivity contribution in [1.82, 2.24) is 10.2 Å². The van der Waals surface area contributed by atoms with Gasteiger partial charge in [-0.3, -0.25) is 0 Å². The van der Waals surface area contributed by atoms with Crippen LogP contribution in [0.15, 0.2) is 12.1 Å². The summed E-state index contributed by atoms with van der Waals surface area (Å²) in [6, 6.07) is 3.28. The molecule has 20 heavy (non-hydrogen) atoms. The zero-order valence-corrected chi connectivity index (χ0v) is 13.1. The van der Waals surface area contributed by atoms with Gasteiger partial charge < -0.3 is 10.2 Å². The van der Waals surface area contributed by atoms with E-state index in [0.717, 1.165) is 31.1 Å². The van der Waals surface area contributed by atoms with E-state index < -0.39 is 0 Å². The van der Waals surface area contributed by atoms with Gasteiger partial charge in [0.15, 0.2) is 0 Å². The molecule has 0 saturated carbocycles. The lowest BCUT2D eigenvalue weighted by atomic mass is 9.96. The first-order valence-electron chi connectivity index (χ1n) is 7.40. The summed E-state index contributed by atoms with van der Waals surface area (Å²) in [4.78, 5) is 2.23. The summed E-state index contributed by atoms with van der Waals surface area (Å²) in [5.74, 6) is 0.603. The highest BCUT2D eigenvalue weighted by Gasteiger charge is 2.14. The van der Waals surface area contributed by atoms with Crippen molar-refractivity contribution in [3.8, 4) is 0 Å². The number of piperidine rings is 1. The van der Waals surface area contributed by atoms with Gasteiger partial charge in [0, 0.05) is 11.6 Å². The summed E-state index contributed by atoms with van der Waals surface area (Å²) in [6.45, 7) is 5.76. The Labute approximate surface area is 126 Å². The van der Waals surface area contributed by atoms with E-state index in [4.69, 9.17) is 11.6 Å². The molecule has 0 aromatic heterocycles. The van der Waals surface area contributed by atoms with Crippen molar-refractivity contribution < 1.29 is 4.39 Å². The smallest absolute Gasteiger partial charge is 0.126 e. The van der Waals surface area contributed by atoms with Crippen molar-refractivity contribution in [3.05, 3.63) is 34.1 Å². The van der Waals surface area contributed by atoms with Gasteiger partial charge in [-0.05, 0) is 82.0 Å². The molecule has 1 atom stereocenters. The average molecular weight is 299 g/mol. The maximum atomic E-state index is 13.6. The topological polar surface area (TPSA) is 15.3 Å². The van der Waals surface area contributed by atoms with E-state index >= 15 is 0 Å². The number of rotatable bonds is 5. The van der Waals surface area contributed by atoms with E-state index in [2.05, 4.69) is 17.3 Å². The second kappa shape index (κ2) is 7.39. The molecule has 1 fully saturated rings. The SMILES string of the molecule is Cc1cc(Cl)c(CN(C)CCC2CCCNC2)cc1F. The first-order chi connectivity index (χ1) is 9.56. The molecular weight excluding hydrogens is 275 g/mol. The molecule has 0 radical (unpaired) electrons. The van der Waals surface area contributed by atoms with Crippen LogP contribution in [-0.4, -0.2) is 31.6 Å². The molecule has 1 saturated heterocycles. The minimum Gasteiger partial charge on any atom is -0.316 e. The predicted molar refractivity (Wildman–Crippen MR) is 82.7 cm³/mol. The number of halogens is 2. The van der Waals surface area contributed by atoms with Gasteiger partial charge in [0.05, 0.1) is 0 Å². The van der Waals surface area contributed by atoms with E-state index in [1.54, 1.807) is 19.1 Å². The lowest BCUT2D eigenvalue weighted by Crippen LogP contribution is -2.32. The molecule has 112 valence electrons. The Kier molecular flexibility index (Phi) is 5.82. The van der Waals surface area contributed by atoms with Gasteiger partial charge >= 0.3 is 0 Å². The number of hydrogen-bond donors (Lipinski definition) is 1. The average Bonchev–Trinajstić information content (AvgIpc) is 2.44. The van der Waals surface area contributed by atoms with Gasteiger partial charge in [-0.25, -0.2) is 4.39 Å². The Hall–Kier alpha value is -0.640. The summed E-state index contributed by atoms with van der Waals surface area (Å²) in [7, 11) is 2.07. The van der Waals surface area contributed by atoms with E-state index in [1.807, 2.05) is 0 Å². The molecule has 4 heteroatoms. The molecule has 2 nitrogen and oxygen atoms in total. The second-order valence-electron chi connectivity index (χ2n) is 5.93. The normalized spacial score (nSPS) is 19.6. The van der Waals surface area contributed by atoms with Crippen molar-refractivity contribution >= 4 is 11.6 Å². The highest BCUT2D eigenvalue weighted by Crippen LogP contribution is 2.22. The summed E-state index contributed by atoms with van der Waals surface area (Å²) in [5, 5.41) is 4.10. The summed E-state index contributed by atoms with van der Waals surface area (Å²) in [5.41, 5.74) is 1.48. The van der Waals surface area contributed by atoms with Crippen LogP contribution < -0.4 is 5.32 Å². The first-order valence-corrected chi connectivity index (χ1v) is 7.78. The Balaban J connectivity index is 1.84. The summed E-state index contributed by atoms with van der Waals surface area (Å²) >= 11 is 6.19. The number of nitrogens with one attached hydrogen (secondary N) is 1. The van der Waals surface area contributed by atoms with Crippen LogP contribution in [0.2, 0.25) is 5.02 Å². The van der Waals surface area contributed by atoms with Crippen molar-refractivity contribution in [1.29, 1.82) is 0 Å². The molecule has 0 aliphatic carbocycles. The van der Waals surface area contributed by atoms with Gasteiger partial charge in [-0.15, -0.1) is 0 Å². The van der Waals surface area contributed by atoms with Crippen LogP contribution in [0, 0.1) is 18.7 Å². The van der Waals surface area contributed by atoms with Crippen LogP contribution in [-0.2, 0) is 6.54 Å². The highest BCUT2D eigenvalue weighted by atomic mass is 35.5. The molecule has 1 aliphatic rings. The zero-order valence-electron chi connectivity index (χ0n) is 12.4. The molecule has 0 spiro atoms. The van der Waals surface area contributed by atoms with Crippen LogP contribution in [0.5, 0.6) is 0 Å². The van der Waals surface area contributed by atoms with Crippen molar-refractivity contribution in [3.63, 3.8) is 0 Å². The molecule has 1 aromatic carbocycles. The summed E-state index contributed by atoms with van der Waals surface area (Å²) in [6.07, 6.45) is 3.79. The van der Waals surface area contributed by atoms with Crippen LogP contribution >= 0.6 is 11.6 Å². The lowest BCUT2D eigenvalue weighted by Gasteiger charge is -2.25. The Morgan fingerprint density at radius 3 is 2.95 bits per heavy atom. The maximum Gasteiger partial charge on any atom is 0.126 e. The second-order valence-corrected chi connectivity index (χ2v) is 6.34. The third-order valence-electron chi connectivity index (χ3n) is 4.09. The minimum atomic E-state index is -0.172. The van der Waals surface area contributed by atoms with E-state index in [0.29, 0.717) is 17.1 Å². The Morgan fingerprint density at radius 2 is 2.25 bits per heavy atom. The molecule has 1 unspecified atom stereocenters. The Bertz CT molecular complexity index is 444. The number of hydrogen-bond acceptors (Lipinski definition) is 2. The van der Waals surface area contributed by atoms with Gasteiger partial charge in [-0.2, -0.15) is 0 Å². The first kappa shape index (κ1) is 15.7. The van der Waals surface area contributed by atoms with Gasteiger partial charge in [0.25, 0.3) is 0 Å². The summed E-state index contributed by atoms with van der Waals surface area (Å²) < 4.78 is 13.6. The van der Waals surface area contributed by atoms with Crippen molar-refractivity contribution in [2.45, 2.75) is 32.7 Å². The van der Waals surface area contributed by atoms with Gasteiger partial charge in [-0.1, -0.05) is 11.6 Å². The van der Waals surface area contributed by atoms with E-state index in [-0.39, 0.29) is 5.82 Å². The number of nitrogens with zero attached hydrogens (tertiary/aromatic N) is 1. The van der Waals surface area contributed by atoms with E-state index in [9.17, 15) is 4.39 Å². The molecule has 1 N–H and O–H groups in total. The standard InChI is InChI=1S/C16H24ClFN2/c1-12-8-15(17)14(9-16(12)18)11-20(2)7-5-13-4-3-6-19-10-13/h8-9,13,19H,3-7,10-11H2,1-2H3. The molecule has 1 heterocycles. The maximum absolute atomic E-state index is 13.6. The quantitative estimate of drug-likeness (QED) is 0.893. The van der Waals surface area contributed by atoms with Gasteiger partial charge in [0.2, 0.25) is 0 Å². The molecule has 0 amide bonds. The van der Waals surface area contributed by atoms with E-state index in [1.165, 1.54) is 19.3 Å². The predicted octanol–water partition coefficient (Wildman–Crippen LogP) is 3.61. The molecule has 0 bridgehead atoms.